The lowest BCUT2D eigenvalue weighted by Gasteiger charge is -2.20. The summed E-state index contributed by atoms with van der Waals surface area (Å²) < 4.78 is 32.6. The van der Waals surface area contributed by atoms with Crippen molar-refractivity contribution in [3.05, 3.63) is 48.6 Å². The molecule has 0 aromatic carbocycles. The highest BCUT2D eigenvalue weighted by atomic mass is 31.2. The standard InChI is InChI=1S/C41H73O10P/c1-3-5-7-9-11-13-15-17-19-21-22-24-26-28-30-32-40(44)48-36-39(37-50-52(46,47)49-35-38(43)34-42)51-41(45)33-31-29-27-25-23-20-18-16-14-12-10-8-6-4-2/h11,13,16-19,22,24,38-39,42-43H,3-10,12,14-15,20-21,23,25-37H2,1-2H3,(H,46,47)/b13-11-,18-16-,19-17-,24-22-/t38-,39+/m0/s1. The minimum absolute atomic E-state index is 0.165. The number of unbranched alkanes of at least 4 members (excludes halogenated alkanes) is 15. The van der Waals surface area contributed by atoms with E-state index in [1.807, 2.05) is 0 Å². The van der Waals surface area contributed by atoms with Gasteiger partial charge < -0.3 is 24.6 Å². The maximum Gasteiger partial charge on any atom is 0.472 e. The molecule has 11 heteroatoms. The van der Waals surface area contributed by atoms with E-state index in [1.165, 1.54) is 51.4 Å². The molecule has 0 aromatic heterocycles. The van der Waals surface area contributed by atoms with E-state index in [0.29, 0.717) is 12.8 Å². The first-order valence-electron chi connectivity index (χ1n) is 20.1. The number of esters is 2. The van der Waals surface area contributed by atoms with Gasteiger partial charge in [-0.25, -0.2) is 4.57 Å². The number of carbonyl (C=O) groups is 2. The van der Waals surface area contributed by atoms with Crippen molar-refractivity contribution in [2.45, 2.75) is 174 Å². The molecule has 0 amide bonds. The fraction of sp³-hybridized carbons (Fsp3) is 0.756. The molecule has 0 aliphatic rings. The normalized spacial score (nSPS) is 14.5. The number of allylic oxidation sites excluding steroid dienone is 8. The smallest absolute Gasteiger partial charge is 0.462 e. The molecule has 0 aliphatic heterocycles. The second kappa shape index (κ2) is 37.3. The van der Waals surface area contributed by atoms with Crippen molar-refractivity contribution < 1.29 is 47.8 Å². The summed E-state index contributed by atoms with van der Waals surface area (Å²) in [6.45, 7) is 2.27. The fourth-order valence-electron chi connectivity index (χ4n) is 5.05. The topological polar surface area (TPSA) is 149 Å². The number of ether oxygens (including phenoxy) is 2. The number of hydrogen-bond donors (Lipinski definition) is 3. The van der Waals surface area contributed by atoms with E-state index in [4.69, 9.17) is 19.1 Å². The highest BCUT2D eigenvalue weighted by Crippen LogP contribution is 2.43. The molecular weight excluding hydrogens is 683 g/mol. The van der Waals surface area contributed by atoms with Crippen LogP contribution in [0.15, 0.2) is 48.6 Å². The lowest BCUT2D eigenvalue weighted by atomic mass is 10.1. The van der Waals surface area contributed by atoms with E-state index >= 15 is 0 Å². The summed E-state index contributed by atoms with van der Waals surface area (Å²) in [6, 6.07) is 0. The van der Waals surface area contributed by atoms with Gasteiger partial charge in [-0.1, -0.05) is 120 Å². The van der Waals surface area contributed by atoms with E-state index in [-0.39, 0.29) is 19.4 Å². The number of aliphatic hydroxyl groups is 2. The van der Waals surface area contributed by atoms with Crippen molar-refractivity contribution in [2.24, 2.45) is 0 Å². The van der Waals surface area contributed by atoms with Gasteiger partial charge >= 0.3 is 19.8 Å². The molecule has 1 unspecified atom stereocenters. The fourth-order valence-corrected chi connectivity index (χ4v) is 5.84. The van der Waals surface area contributed by atoms with Crippen LogP contribution in [0.2, 0.25) is 0 Å². The van der Waals surface area contributed by atoms with Crippen molar-refractivity contribution in [1.29, 1.82) is 0 Å². The van der Waals surface area contributed by atoms with Gasteiger partial charge in [0.2, 0.25) is 0 Å². The molecule has 0 fully saturated rings. The largest absolute Gasteiger partial charge is 0.472 e. The van der Waals surface area contributed by atoms with Gasteiger partial charge in [-0.3, -0.25) is 18.6 Å². The summed E-state index contributed by atoms with van der Waals surface area (Å²) >= 11 is 0. The van der Waals surface area contributed by atoms with Gasteiger partial charge in [0, 0.05) is 12.8 Å². The predicted molar refractivity (Wildman–Crippen MR) is 210 cm³/mol. The Morgan fingerprint density at radius 3 is 1.60 bits per heavy atom. The molecule has 0 saturated heterocycles. The maximum atomic E-state index is 12.6. The molecule has 0 heterocycles. The first-order chi connectivity index (χ1) is 25.2. The van der Waals surface area contributed by atoms with Gasteiger partial charge in [-0.15, -0.1) is 0 Å². The van der Waals surface area contributed by atoms with Crippen molar-refractivity contribution >= 4 is 19.8 Å². The Morgan fingerprint density at radius 1 is 0.577 bits per heavy atom. The van der Waals surface area contributed by atoms with E-state index in [2.05, 4.69) is 67.0 Å². The third-order valence-corrected chi connectivity index (χ3v) is 9.16. The molecule has 52 heavy (non-hydrogen) atoms. The third kappa shape index (κ3) is 36.3. The number of aliphatic hydroxyl groups excluding tert-OH is 2. The molecule has 10 nitrogen and oxygen atoms in total. The lowest BCUT2D eigenvalue weighted by molar-refractivity contribution is -0.161. The lowest BCUT2D eigenvalue weighted by Crippen LogP contribution is -2.29. The van der Waals surface area contributed by atoms with Crippen molar-refractivity contribution in [2.75, 3.05) is 26.4 Å². The van der Waals surface area contributed by atoms with Gasteiger partial charge in [0.1, 0.15) is 12.7 Å². The maximum absolute atomic E-state index is 12.6. The average Bonchev–Trinajstić information content (AvgIpc) is 3.13. The summed E-state index contributed by atoms with van der Waals surface area (Å²) in [6.07, 6.45) is 37.9. The molecule has 0 bridgehead atoms. The second-order valence-electron chi connectivity index (χ2n) is 13.3. The average molecular weight is 757 g/mol. The van der Waals surface area contributed by atoms with Gasteiger partial charge in [0.15, 0.2) is 6.10 Å². The van der Waals surface area contributed by atoms with Crippen molar-refractivity contribution in [3.63, 3.8) is 0 Å². The molecule has 0 aliphatic carbocycles. The number of rotatable bonds is 37. The summed E-state index contributed by atoms with van der Waals surface area (Å²) in [5.41, 5.74) is 0. The number of carbonyl (C=O) groups excluding carboxylic acids is 2. The summed E-state index contributed by atoms with van der Waals surface area (Å²) in [7, 11) is -4.62. The Morgan fingerprint density at radius 2 is 1.00 bits per heavy atom. The molecule has 302 valence electrons. The van der Waals surface area contributed by atoms with Crippen LogP contribution in [0.5, 0.6) is 0 Å². The van der Waals surface area contributed by atoms with Crippen LogP contribution in [0.1, 0.15) is 162 Å². The van der Waals surface area contributed by atoms with Crippen molar-refractivity contribution in [3.8, 4) is 0 Å². The first-order valence-corrected chi connectivity index (χ1v) is 21.6. The van der Waals surface area contributed by atoms with Crippen LogP contribution in [0.3, 0.4) is 0 Å². The quantitative estimate of drug-likeness (QED) is 0.0242. The predicted octanol–water partition coefficient (Wildman–Crippen LogP) is 10.2. The minimum Gasteiger partial charge on any atom is -0.462 e. The van der Waals surface area contributed by atoms with E-state index in [1.54, 1.807) is 0 Å². The van der Waals surface area contributed by atoms with Gasteiger partial charge in [-0.05, 0) is 77.0 Å². The van der Waals surface area contributed by atoms with Crippen LogP contribution >= 0.6 is 7.82 Å². The molecule has 3 atom stereocenters. The highest BCUT2D eigenvalue weighted by molar-refractivity contribution is 7.47. The van der Waals surface area contributed by atoms with Crippen LogP contribution in [0, 0.1) is 0 Å². The summed E-state index contributed by atoms with van der Waals surface area (Å²) in [4.78, 5) is 34.9. The molecule has 3 N–H and O–H groups in total. The number of hydrogen-bond acceptors (Lipinski definition) is 9. The van der Waals surface area contributed by atoms with E-state index < -0.39 is 51.8 Å². The van der Waals surface area contributed by atoms with Crippen molar-refractivity contribution in [1.82, 2.24) is 0 Å². The summed E-state index contributed by atoms with van der Waals surface area (Å²) in [5.74, 6) is -0.983. The van der Waals surface area contributed by atoms with Crippen LogP contribution < -0.4 is 0 Å². The zero-order chi connectivity index (χ0) is 38.4. The Kier molecular flexibility index (Phi) is 35.8. The van der Waals surface area contributed by atoms with E-state index in [9.17, 15) is 24.2 Å². The Labute approximate surface area is 315 Å². The number of phosphoric acid groups is 1. The van der Waals surface area contributed by atoms with Crippen LogP contribution in [0.4, 0.5) is 0 Å². The minimum atomic E-state index is -4.62. The zero-order valence-corrected chi connectivity index (χ0v) is 33.4. The zero-order valence-electron chi connectivity index (χ0n) is 32.5. The molecule has 0 spiro atoms. The number of phosphoric ester groups is 1. The second-order valence-corrected chi connectivity index (χ2v) is 14.8. The van der Waals surface area contributed by atoms with Crippen LogP contribution in [-0.4, -0.2) is 65.7 Å². The molecular formula is C41H73O10P. The molecule has 0 rings (SSSR count). The Hall–Kier alpha value is -2.07. The first kappa shape index (κ1) is 49.9. The monoisotopic (exact) mass is 756 g/mol. The van der Waals surface area contributed by atoms with E-state index in [0.717, 1.165) is 70.6 Å². The SMILES string of the molecule is CCCCC/C=C\C/C=C\C/C=C\CCCCC(=O)OC[C@H](COP(=O)(O)OC[C@@H](O)CO)OC(=O)CCCCCCC/C=C\CCCCCCC. The Bertz CT molecular complexity index is 1010. The molecule has 0 saturated carbocycles. The van der Waals surface area contributed by atoms with Crippen LogP contribution in [0.25, 0.3) is 0 Å². The third-order valence-electron chi connectivity index (χ3n) is 8.21. The van der Waals surface area contributed by atoms with Gasteiger partial charge in [-0.2, -0.15) is 0 Å². The Balaban J connectivity index is 4.43. The van der Waals surface area contributed by atoms with Crippen LogP contribution in [-0.2, 0) is 32.7 Å². The molecule has 0 aromatic rings. The summed E-state index contributed by atoms with van der Waals surface area (Å²) in [5, 5.41) is 18.3. The molecule has 0 radical (unpaired) electrons. The van der Waals surface area contributed by atoms with Gasteiger partial charge in [0.05, 0.1) is 19.8 Å². The van der Waals surface area contributed by atoms with Gasteiger partial charge in [0.25, 0.3) is 0 Å². The highest BCUT2D eigenvalue weighted by Gasteiger charge is 2.27.